The van der Waals surface area contributed by atoms with Gasteiger partial charge < -0.3 is 14.8 Å². The number of rotatable bonds is 9. The summed E-state index contributed by atoms with van der Waals surface area (Å²) in [4.78, 5) is 8.52. The number of nitrogens with zero attached hydrogens (tertiary/aromatic N) is 2. The van der Waals surface area contributed by atoms with Gasteiger partial charge in [-0.25, -0.2) is 4.98 Å². The largest absolute Gasteiger partial charge is 0.471 e. The van der Waals surface area contributed by atoms with Crippen molar-refractivity contribution >= 4 is 0 Å². The molecule has 5 heteroatoms. The number of hydrogen-bond donors (Lipinski definition) is 1. The van der Waals surface area contributed by atoms with E-state index in [2.05, 4.69) is 22.2 Å². The van der Waals surface area contributed by atoms with Gasteiger partial charge in [0.15, 0.2) is 0 Å². The van der Waals surface area contributed by atoms with Gasteiger partial charge in [0.2, 0.25) is 5.88 Å². The average molecular weight is 253 g/mol. The van der Waals surface area contributed by atoms with E-state index in [0.29, 0.717) is 19.1 Å². The summed E-state index contributed by atoms with van der Waals surface area (Å²) in [6.07, 6.45) is 4.47. The Labute approximate surface area is 109 Å². The van der Waals surface area contributed by atoms with Crippen LogP contribution in [0.3, 0.4) is 0 Å². The van der Waals surface area contributed by atoms with Gasteiger partial charge in [-0.05, 0) is 26.8 Å². The molecule has 0 fully saturated rings. The van der Waals surface area contributed by atoms with E-state index in [1.165, 1.54) is 0 Å². The van der Waals surface area contributed by atoms with Crippen LogP contribution in [-0.4, -0.2) is 35.8 Å². The van der Waals surface area contributed by atoms with Crippen molar-refractivity contribution in [1.29, 1.82) is 0 Å². The van der Waals surface area contributed by atoms with Crippen molar-refractivity contribution in [2.24, 2.45) is 0 Å². The third kappa shape index (κ3) is 5.93. The molecule has 1 aromatic rings. The highest BCUT2D eigenvalue weighted by Gasteiger charge is 2.06. The fourth-order valence-electron chi connectivity index (χ4n) is 1.45. The summed E-state index contributed by atoms with van der Waals surface area (Å²) in [6, 6.07) is 0. The molecule has 1 N–H and O–H groups in total. The van der Waals surface area contributed by atoms with Crippen LogP contribution in [-0.2, 0) is 11.3 Å². The van der Waals surface area contributed by atoms with Crippen LogP contribution in [0, 0.1) is 0 Å². The van der Waals surface area contributed by atoms with Crippen LogP contribution in [0.5, 0.6) is 5.88 Å². The molecule has 18 heavy (non-hydrogen) atoms. The Balaban J connectivity index is 2.43. The summed E-state index contributed by atoms with van der Waals surface area (Å²) in [6.45, 7) is 9.02. The number of aromatic nitrogens is 2. The summed E-state index contributed by atoms with van der Waals surface area (Å²) in [5.41, 5.74) is 0.893. The molecule has 1 atom stereocenters. The molecule has 0 bridgehead atoms. The van der Waals surface area contributed by atoms with Gasteiger partial charge in [0, 0.05) is 19.3 Å². The molecule has 1 heterocycles. The normalized spacial score (nSPS) is 12.4. The molecule has 1 aromatic heterocycles. The first-order valence-corrected chi connectivity index (χ1v) is 6.52. The minimum absolute atomic E-state index is 0.0156. The Morgan fingerprint density at radius 1 is 1.33 bits per heavy atom. The molecule has 0 spiro atoms. The molecular formula is C13H23N3O2. The van der Waals surface area contributed by atoms with Gasteiger partial charge in [-0.15, -0.1) is 0 Å². The van der Waals surface area contributed by atoms with Crippen LogP contribution in [0.4, 0.5) is 0 Å². The lowest BCUT2D eigenvalue weighted by molar-refractivity contribution is 0.0630. The zero-order valence-corrected chi connectivity index (χ0v) is 11.5. The van der Waals surface area contributed by atoms with E-state index in [0.717, 1.165) is 25.2 Å². The minimum Gasteiger partial charge on any atom is -0.471 e. The molecule has 0 amide bonds. The molecule has 5 nitrogen and oxygen atoms in total. The quantitative estimate of drug-likeness (QED) is 0.680. The zero-order valence-electron chi connectivity index (χ0n) is 11.5. The summed E-state index contributed by atoms with van der Waals surface area (Å²) in [5, 5.41) is 3.28. The van der Waals surface area contributed by atoms with Crippen LogP contribution in [0.15, 0.2) is 12.4 Å². The maximum absolute atomic E-state index is 5.64. The molecule has 0 saturated carbocycles. The monoisotopic (exact) mass is 253 g/mol. The molecule has 102 valence electrons. The number of nitrogens with one attached hydrogen (secondary N) is 1. The maximum Gasteiger partial charge on any atom is 0.232 e. The van der Waals surface area contributed by atoms with E-state index in [-0.39, 0.29) is 6.10 Å². The van der Waals surface area contributed by atoms with Gasteiger partial charge >= 0.3 is 0 Å². The highest BCUT2D eigenvalue weighted by atomic mass is 16.5. The van der Waals surface area contributed by atoms with Gasteiger partial charge in [0.1, 0.15) is 6.10 Å². The van der Waals surface area contributed by atoms with Gasteiger partial charge in [0.25, 0.3) is 0 Å². The molecule has 0 saturated heterocycles. The van der Waals surface area contributed by atoms with Gasteiger partial charge in [-0.3, -0.25) is 4.98 Å². The lowest BCUT2D eigenvalue weighted by atomic mass is 10.4. The van der Waals surface area contributed by atoms with Crippen LogP contribution in [0.1, 0.15) is 32.9 Å². The van der Waals surface area contributed by atoms with Gasteiger partial charge in [0.05, 0.1) is 18.5 Å². The van der Waals surface area contributed by atoms with Crippen LogP contribution >= 0.6 is 0 Å². The smallest absolute Gasteiger partial charge is 0.232 e. The highest BCUT2D eigenvalue weighted by molar-refractivity contribution is 5.08. The van der Waals surface area contributed by atoms with Gasteiger partial charge in [-0.1, -0.05) is 6.92 Å². The molecule has 0 aliphatic rings. The lowest BCUT2D eigenvalue weighted by Gasteiger charge is -2.13. The zero-order chi connectivity index (χ0) is 13.2. The fraction of sp³-hybridized carbons (Fsp3) is 0.692. The second-order valence-corrected chi connectivity index (χ2v) is 4.11. The van der Waals surface area contributed by atoms with Crippen LogP contribution < -0.4 is 10.1 Å². The predicted molar refractivity (Wildman–Crippen MR) is 70.6 cm³/mol. The Hall–Kier alpha value is -1.20. The Bertz CT molecular complexity index is 334. The molecule has 1 rings (SSSR count). The lowest BCUT2D eigenvalue weighted by Crippen LogP contribution is -2.20. The van der Waals surface area contributed by atoms with E-state index in [9.17, 15) is 0 Å². The van der Waals surface area contributed by atoms with E-state index in [1.54, 1.807) is 12.4 Å². The molecule has 0 aromatic carbocycles. The SMILES string of the molecule is CCCNCc1cncc(OC(C)COCC)n1. The Morgan fingerprint density at radius 3 is 2.89 bits per heavy atom. The Kier molecular flexibility index (Phi) is 7.29. The highest BCUT2D eigenvalue weighted by Crippen LogP contribution is 2.07. The molecule has 1 unspecified atom stereocenters. The maximum atomic E-state index is 5.64. The van der Waals surface area contributed by atoms with E-state index >= 15 is 0 Å². The topological polar surface area (TPSA) is 56.3 Å². The van der Waals surface area contributed by atoms with Crippen LogP contribution in [0.25, 0.3) is 0 Å². The fourth-order valence-corrected chi connectivity index (χ4v) is 1.45. The van der Waals surface area contributed by atoms with Crippen molar-refractivity contribution in [3.05, 3.63) is 18.1 Å². The Morgan fingerprint density at radius 2 is 2.17 bits per heavy atom. The number of hydrogen-bond acceptors (Lipinski definition) is 5. The third-order valence-electron chi connectivity index (χ3n) is 2.27. The number of ether oxygens (including phenoxy) is 2. The van der Waals surface area contributed by atoms with Crippen molar-refractivity contribution in [2.45, 2.75) is 39.8 Å². The predicted octanol–water partition coefficient (Wildman–Crippen LogP) is 1.78. The first-order valence-electron chi connectivity index (χ1n) is 6.52. The summed E-state index contributed by atoms with van der Waals surface area (Å²) in [7, 11) is 0. The van der Waals surface area contributed by atoms with Gasteiger partial charge in [-0.2, -0.15) is 0 Å². The van der Waals surface area contributed by atoms with E-state index in [1.807, 2.05) is 13.8 Å². The molecule has 0 radical (unpaired) electrons. The van der Waals surface area contributed by atoms with Crippen LogP contribution in [0.2, 0.25) is 0 Å². The molecular weight excluding hydrogens is 230 g/mol. The van der Waals surface area contributed by atoms with E-state index in [4.69, 9.17) is 9.47 Å². The van der Waals surface area contributed by atoms with Crippen molar-refractivity contribution in [1.82, 2.24) is 15.3 Å². The second kappa shape index (κ2) is 8.83. The van der Waals surface area contributed by atoms with Crippen molar-refractivity contribution in [3.8, 4) is 5.88 Å². The third-order valence-corrected chi connectivity index (χ3v) is 2.27. The molecule has 0 aliphatic carbocycles. The van der Waals surface area contributed by atoms with Crippen molar-refractivity contribution < 1.29 is 9.47 Å². The van der Waals surface area contributed by atoms with Crippen molar-refractivity contribution in [3.63, 3.8) is 0 Å². The average Bonchev–Trinajstić information content (AvgIpc) is 2.37. The van der Waals surface area contributed by atoms with E-state index < -0.39 is 0 Å². The second-order valence-electron chi connectivity index (χ2n) is 4.11. The summed E-state index contributed by atoms with van der Waals surface area (Å²) < 4.78 is 10.9. The van der Waals surface area contributed by atoms with Crippen molar-refractivity contribution in [2.75, 3.05) is 19.8 Å². The molecule has 0 aliphatic heterocycles. The minimum atomic E-state index is -0.0156. The summed E-state index contributed by atoms with van der Waals surface area (Å²) in [5.74, 6) is 0.554. The first-order chi connectivity index (χ1) is 8.76. The first kappa shape index (κ1) is 14.9. The summed E-state index contributed by atoms with van der Waals surface area (Å²) >= 11 is 0. The standard InChI is InChI=1S/C13H23N3O2/c1-4-6-14-7-12-8-15-9-13(16-12)18-11(3)10-17-5-2/h8-9,11,14H,4-7,10H2,1-3H3.